The lowest BCUT2D eigenvalue weighted by atomic mass is 9.97. The maximum atomic E-state index is 6.62. The van der Waals surface area contributed by atoms with Gasteiger partial charge < -0.3 is 9.32 Å². The van der Waals surface area contributed by atoms with E-state index in [2.05, 4.69) is 175 Å². The Labute approximate surface area is 287 Å². The molecule has 0 aliphatic rings. The molecule has 0 spiro atoms. The van der Waals surface area contributed by atoms with Crippen LogP contribution >= 0.6 is 11.3 Å². The second-order valence-electron chi connectivity index (χ2n) is 12.5. The van der Waals surface area contributed by atoms with E-state index in [1.807, 2.05) is 17.4 Å². The van der Waals surface area contributed by atoms with Crippen molar-refractivity contribution >= 4 is 81.3 Å². The fourth-order valence-electron chi connectivity index (χ4n) is 7.27. The third-order valence-electron chi connectivity index (χ3n) is 9.65. The van der Waals surface area contributed by atoms with Gasteiger partial charge in [0.1, 0.15) is 5.58 Å². The molecule has 0 saturated carbocycles. The monoisotopic (exact) mass is 643 g/mol. The zero-order chi connectivity index (χ0) is 32.3. The Morgan fingerprint density at radius 2 is 1.04 bits per heavy atom. The van der Waals surface area contributed by atoms with E-state index in [1.165, 1.54) is 53.2 Å². The summed E-state index contributed by atoms with van der Waals surface area (Å²) in [5.41, 5.74) is 9.80. The van der Waals surface area contributed by atoms with E-state index in [0.29, 0.717) is 0 Å². The van der Waals surface area contributed by atoms with Crippen molar-refractivity contribution in [3.63, 3.8) is 0 Å². The topological polar surface area (TPSA) is 16.4 Å². The lowest BCUT2D eigenvalue weighted by Gasteiger charge is -2.26. The Bertz CT molecular complexity index is 2730. The Morgan fingerprint density at radius 1 is 0.408 bits per heavy atom. The van der Waals surface area contributed by atoms with E-state index in [-0.39, 0.29) is 0 Å². The van der Waals surface area contributed by atoms with Gasteiger partial charge in [0.25, 0.3) is 0 Å². The van der Waals surface area contributed by atoms with Crippen molar-refractivity contribution in [1.82, 2.24) is 0 Å². The van der Waals surface area contributed by atoms with E-state index in [9.17, 15) is 0 Å². The second-order valence-corrected chi connectivity index (χ2v) is 13.6. The maximum absolute atomic E-state index is 6.62. The van der Waals surface area contributed by atoms with Crippen LogP contribution in [0, 0.1) is 0 Å². The third-order valence-corrected chi connectivity index (χ3v) is 10.9. The lowest BCUT2D eigenvalue weighted by molar-refractivity contribution is 0.669. The number of hydrogen-bond donors (Lipinski definition) is 0. The molecule has 2 aromatic heterocycles. The SMILES string of the molecule is c1cc(-c2ccc(N(c3cccc4c3oc3ccccc34)c3cccc4c3sc3ccccc34)cc2)cc(-c2ccc3ccccc3c2)c1. The van der Waals surface area contributed by atoms with Crippen molar-refractivity contribution < 1.29 is 4.42 Å². The average molecular weight is 644 g/mol. The van der Waals surface area contributed by atoms with Crippen molar-refractivity contribution in [1.29, 1.82) is 0 Å². The van der Waals surface area contributed by atoms with Crippen LogP contribution in [0.5, 0.6) is 0 Å². The largest absolute Gasteiger partial charge is 0.454 e. The number of nitrogens with zero attached hydrogens (tertiary/aromatic N) is 1. The molecule has 230 valence electrons. The Balaban J connectivity index is 1.13. The highest BCUT2D eigenvalue weighted by molar-refractivity contribution is 7.26. The van der Waals surface area contributed by atoms with Gasteiger partial charge in [-0.15, -0.1) is 11.3 Å². The second kappa shape index (κ2) is 11.2. The lowest BCUT2D eigenvalue weighted by Crippen LogP contribution is -2.10. The number of fused-ring (bicyclic) bond motifs is 7. The van der Waals surface area contributed by atoms with Gasteiger partial charge in [-0.05, 0) is 81.6 Å². The minimum Gasteiger partial charge on any atom is -0.454 e. The van der Waals surface area contributed by atoms with E-state index in [4.69, 9.17) is 4.42 Å². The number of thiophene rings is 1. The van der Waals surface area contributed by atoms with Crippen molar-refractivity contribution in [2.45, 2.75) is 0 Å². The molecule has 49 heavy (non-hydrogen) atoms. The number of para-hydroxylation sites is 2. The molecule has 2 nitrogen and oxygen atoms in total. The van der Waals surface area contributed by atoms with Crippen LogP contribution in [0.25, 0.3) is 75.1 Å². The zero-order valence-corrected chi connectivity index (χ0v) is 27.3. The quantitative estimate of drug-likeness (QED) is 0.186. The van der Waals surface area contributed by atoms with Crippen molar-refractivity contribution in [2.24, 2.45) is 0 Å². The average Bonchev–Trinajstić information content (AvgIpc) is 3.75. The Hall–Kier alpha value is -6.16. The number of rotatable bonds is 5. The Kier molecular flexibility index (Phi) is 6.39. The minimum atomic E-state index is 0.883. The summed E-state index contributed by atoms with van der Waals surface area (Å²) in [5, 5.41) is 7.30. The molecule has 0 bridgehead atoms. The van der Waals surface area contributed by atoms with Gasteiger partial charge in [0.2, 0.25) is 0 Å². The summed E-state index contributed by atoms with van der Waals surface area (Å²) in [6.07, 6.45) is 0. The fraction of sp³-hybridized carbons (Fsp3) is 0. The molecule has 8 aromatic carbocycles. The molecule has 10 rings (SSSR count). The van der Waals surface area contributed by atoms with Crippen LogP contribution in [0.4, 0.5) is 17.1 Å². The van der Waals surface area contributed by atoms with Gasteiger partial charge >= 0.3 is 0 Å². The standard InChI is InChI=1S/C46H29NOS/c1-2-11-32-29-35(23-22-30(32)10-1)34-13-7-12-33(28-34)31-24-26-36(27-25-31)47(41-18-8-16-39-37-14-3-5-20-43(37)48-45(39)41)42-19-9-17-40-38-15-4-6-21-44(38)49-46(40)42/h1-29H. The molecule has 3 heteroatoms. The van der Waals surface area contributed by atoms with Crippen LogP contribution < -0.4 is 4.90 Å². The first-order valence-electron chi connectivity index (χ1n) is 16.6. The fourth-order valence-corrected chi connectivity index (χ4v) is 8.48. The first-order valence-corrected chi connectivity index (χ1v) is 17.4. The predicted octanol–water partition coefficient (Wildman–Crippen LogP) is 13.9. The smallest absolute Gasteiger partial charge is 0.159 e. The number of anilines is 3. The molecular formula is C46H29NOS. The highest BCUT2D eigenvalue weighted by Crippen LogP contribution is 2.47. The highest BCUT2D eigenvalue weighted by Gasteiger charge is 2.22. The first-order chi connectivity index (χ1) is 24.3. The van der Waals surface area contributed by atoms with E-state index < -0.39 is 0 Å². The molecule has 0 atom stereocenters. The summed E-state index contributed by atoms with van der Waals surface area (Å²) in [6.45, 7) is 0. The van der Waals surface area contributed by atoms with Gasteiger partial charge in [-0.2, -0.15) is 0 Å². The van der Waals surface area contributed by atoms with Crippen molar-refractivity contribution in [3.05, 3.63) is 176 Å². The van der Waals surface area contributed by atoms with Crippen LogP contribution in [0.15, 0.2) is 180 Å². The van der Waals surface area contributed by atoms with Crippen molar-refractivity contribution in [3.8, 4) is 22.3 Å². The first kappa shape index (κ1) is 27.9. The molecule has 0 unspecified atom stereocenters. The van der Waals surface area contributed by atoms with E-state index in [1.54, 1.807) is 0 Å². The number of hydrogen-bond acceptors (Lipinski definition) is 3. The molecule has 0 amide bonds. The van der Waals surface area contributed by atoms with E-state index in [0.717, 1.165) is 39.0 Å². The molecule has 0 aliphatic heterocycles. The molecule has 0 fully saturated rings. The molecule has 10 aromatic rings. The maximum Gasteiger partial charge on any atom is 0.159 e. The summed E-state index contributed by atoms with van der Waals surface area (Å²) in [6, 6.07) is 63.2. The summed E-state index contributed by atoms with van der Waals surface area (Å²) < 4.78 is 9.15. The van der Waals surface area contributed by atoms with Gasteiger partial charge in [-0.3, -0.25) is 0 Å². The van der Waals surface area contributed by atoms with Crippen LogP contribution in [0.3, 0.4) is 0 Å². The number of benzene rings is 8. The Morgan fingerprint density at radius 3 is 1.92 bits per heavy atom. The molecule has 0 N–H and O–H groups in total. The van der Waals surface area contributed by atoms with Crippen LogP contribution in [-0.2, 0) is 0 Å². The molecule has 0 aliphatic carbocycles. The van der Waals surface area contributed by atoms with E-state index >= 15 is 0 Å². The molecule has 0 saturated heterocycles. The third kappa shape index (κ3) is 4.62. The highest BCUT2D eigenvalue weighted by atomic mass is 32.1. The van der Waals surface area contributed by atoms with Gasteiger partial charge in [0.15, 0.2) is 5.58 Å². The zero-order valence-electron chi connectivity index (χ0n) is 26.5. The normalized spacial score (nSPS) is 11.7. The van der Waals surface area contributed by atoms with Crippen molar-refractivity contribution in [2.75, 3.05) is 4.90 Å². The summed E-state index contributed by atoms with van der Waals surface area (Å²) in [7, 11) is 0. The van der Waals surface area contributed by atoms with Gasteiger partial charge in [0, 0.05) is 31.9 Å². The molecule has 2 heterocycles. The van der Waals surface area contributed by atoms with Crippen LogP contribution in [0.1, 0.15) is 0 Å². The van der Waals surface area contributed by atoms with Gasteiger partial charge in [-0.1, -0.05) is 127 Å². The van der Waals surface area contributed by atoms with Crippen LogP contribution in [0.2, 0.25) is 0 Å². The summed E-state index contributed by atoms with van der Waals surface area (Å²) >= 11 is 1.84. The van der Waals surface area contributed by atoms with Crippen LogP contribution in [-0.4, -0.2) is 0 Å². The number of furan rings is 1. The molecule has 0 radical (unpaired) electrons. The summed E-state index contributed by atoms with van der Waals surface area (Å²) in [4.78, 5) is 2.37. The van der Waals surface area contributed by atoms with Gasteiger partial charge in [0.05, 0.1) is 16.1 Å². The van der Waals surface area contributed by atoms with Gasteiger partial charge in [-0.25, -0.2) is 0 Å². The predicted molar refractivity (Wildman–Crippen MR) is 210 cm³/mol. The molecular weight excluding hydrogens is 615 g/mol. The minimum absolute atomic E-state index is 0.883. The summed E-state index contributed by atoms with van der Waals surface area (Å²) in [5.74, 6) is 0.